The zero-order valence-electron chi connectivity index (χ0n) is 34.9. The highest BCUT2D eigenvalue weighted by molar-refractivity contribution is 7.47. The molecule has 0 aromatic rings. The van der Waals surface area contributed by atoms with E-state index in [4.69, 9.17) is 13.8 Å². The van der Waals surface area contributed by atoms with Gasteiger partial charge in [0.25, 0.3) is 0 Å². The molecular formula is C45H80NO8P. The summed E-state index contributed by atoms with van der Waals surface area (Å²) in [6.45, 7) is 3.39. The third-order valence-corrected chi connectivity index (χ3v) is 9.92. The quantitative estimate of drug-likeness (QED) is 0.0242. The van der Waals surface area contributed by atoms with Crippen molar-refractivity contribution in [1.82, 2.24) is 5.32 Å². The van der Waals surface area contributed by atoms with E-state index in [0.717, 1.165) is 83.5 Å². The van der Waals surface area contributed by atoms with Gasteiger partial charge in [0.15, 0.2) is 0 Å². The van der Waals surface area contributed by atoms with Crippen molar-refractivity contribution in [3.63, 3.8) is 0 Å². The summed E-state index contributed by atoms with van der Waals surface area (Å²) in [4.78, 5) is 33.9. The van der Waals surface area contributed by atoms with Gasteiger partial charge in [-0.25, -0.2) is 4.57 Å². The lowest BCUT2D eigenvalue weighted by molar-refractivity contribution is -0.147. The number of hydrogen-bond donors (Lipinski definition) is 3. The second kappa shape index (κ2) is 41.3. The summed E-state index contributed by atoms with van der Waals surface area (Å²) in [5.74, 6) is -0.537. The summed E-state index contributed by atoms with van der Waals surface area (Å²) >= 11 is 0. The number of carbonyl (C=O) groups is 2. The van der Waals surface area contributed by atoms with Crippen molar-refractivity contribution in [1.29, 1.82) is 0 Å². The standard InChI is InChI=1S/C45H80NO8P/c1-3-5-7-9-11-13-15-17-19-21-23-25-27-29-31-33-35-37-44(48)46-39-40-53-55(50,51)54-42-43(47)41-52-45(49)38-36-34-32-30-28-26-24-22-20-18-16-14-12-10-8-6-4-2/h6,8,11-14,17-20,43,47H,3-5,7,9-10,15-16,21-42H2,1-2H3,(H,46,48)(H,50,51)/b8-6-,13-11-,14-12-,19-17-,20-18-. The monoisotopic (exact) mass is 794 g/mol. The number of aliphatic hydroxyl groups excluding tert-OH is 1. The Hall–Kier alpha value is -2.29. The fraction of sp³-hybridized carbons (Fsp3) is 0.733. The van der Waals surface area contributed by atoms with Crippen LogP contribution in [0.2, 0.25) is 0 Å². The summed E-state index contributed by atoms with van der Waals surface area (Å²) in [5, 5.41) is 12.7. The van der Waals surface area contributed by atoms with Crippen LogP contribution in [0.15, 0.2) is 60.8 Å². The van der Waals surface area contributed by atoms with Crippen molar-refractivity contribution in [2.45, 2.75) is 187 Å². The van der Waals surface area contributed by atoms with E-state index >= 15 is 0 Å². The van der Waals surface area contributed by atoms with E-state index in [1.165, 1.54) is 70.6 Å². The van der Waals surface area contributed by atoms with Gasteiger partial charge >= 0.3 is 13.8 Å². The molecule has 10 heteroatoms. The molecule has 0 fully saturated rings. The van der Waals surface area contributed by atoms with Gasteiger partial charge in [-0.2, -0.15) is 0 Å². The van der Waals surface area contributed by atoms with Crippen molar-refractivity contribution < 1.29 is 37.9 Å². The van der Waals surface area contributed by atoms with E-state index in [1.807, 2.05) is 0 Å². The van der Waals surface area contributed by atoms with Gasteiger partial charge in [-0.1, -0.05) is 152 Å². The summed E-state index contributed by atoms with van der Waals surface area (Å²) in [6, 6.07) is 0. The number of nitrogens with one attached hydrogen (secondary N) is 1. The van der Waals surface area contributed by atoms with E-state index < -0.39 is 26.5 Å². The Morgan fingerprint density at radius 3 is 1.56 bits per heavy atom. The molecule has 0 heterocycles. The van der Waals surface area contributed by atoms with Gasteiger partial charge in [-0.3, -0.25) is 18.6 Å². The molecule has 1 amide bonds. The molecule has 2 atom stereocenters. The normalized spacial score (nSPS) is 13.9. The number of unbranched alkanes of at least 4 members (excludes halogenated alkanes) is 17. The zero-order chi connectivity index (χ0) is 40.3. The molecule has 2 unspecified atom stereocenters. The summed E-state index contributed by atoms with van der Waals surface area (Å²) in [7, 11) is -4.42. The third kappa shape index (κ3) is 42.7. The van der Waals surface area contributed by atoms with Crippen molar-refractivity contribution in [3.05, 3.63) is 60.8 Å². The average Bonchev–Trinajstić information content (AvgIpc) is 3.17. The summed E-state index contributed by atoms with van der Waals surface area (Å²) in [6.07, 6.45) is 48.6. The van der Waals surface area contributed by atoms with Crippen molar-refractivity contribution in [3.8, 4) is 0 Å². The molecule has 0 spiro atoms. The van der Waals surface area contributed by atoms with Gasteiger partial charge in [0.05, 0.1) is 13.2 Å². The lowest BCUT2D eigenvalue weighted by Gasteiger charge is -2.15. The first-order valence-electron chi connectivity index (χ1n) is 21.8. The number of aliphatic hydroxyl groups is 1. The Labute approximate surface area is 336 Å². The number of rotatable bonds is 40. The highest BCUT2D eigenvalue weighted by atomic mass is 31.2. The molecule has 318 valence electrons. The van der Waals surface area contributed by atoms with Crippen LogP contribution in [-0.4, -0.2) is 54.3 Å². The summed E-state index contributed by atoms with van der Waals surface area (Å²) in [5.41, 5.74) is 0. The second-order valence-electron chi connectivity index (χ2n) is 14.3. The van der Waals surface area contributed by atoms with Gasteiger partial charge in [0.2, 0.25) is 5.91 Å². The Kier molecular flexibility index (Phi) is 39.6. The predicted octanol–water partition coefficient (Wildman–Crippen LogP) is 12.1. The summed E-state index contributed by atoms with van der Waals surface area (Å²) < 4.78 is 26.9. The molecular weight excluding hydrogens is 713 g/mol. The van der Waals surface area contributed by atoms with Crippen LogP contribution in [0.25, 0.3) is 0 Å². The Morgan fingerprint density at radius 2 is 1.04 bits per heavy atom. The fourth-order valence-electron chi connectivity index (χ4n) is 5.66. The molecule has 0 rings (SSSR count). The molecule has 0 aromatic carbocycles. The first kappa shape index (κ1) is 52.7. The average molecular weight is 794 g/mol. The SMILES string of the molecule is CC/C=C\C/C=C\C/C=C\CCCCCCCCCC(=O)OCC(O)COP(=O)(O)OCCNC(=O)CCCCCCCCC/C=C\C/C=C\CCCCC. The van der Waals surface area contributed by atoms with Gasteiger partial charge in [0.1, 0.15) is 12.7 Å². The molecule has 0 aliphatic rings. The van der Waals surface area contributed by atoms with Crippen molar-refractivity contribution >= 4 is 19.7 Å². The maximum atomic E-state index is 12.1. The van der Waals surface area contributed by atoms with E-state index in [-0.39, 0.29) is 32.1 Å². The largest absolute Gasteiger partial charge is 0.472 e. The molecule has 55 heavy (non-hydrogen) atoms. The minimum Gasteiger partial charge on any atom is -0.463 e. The Balaban J connectivity index is 3.63. The number of carbonyl (C=O) groups excluding carboxylic acids is 2. The smallest absolute Gasteiger partial charge is 0.463 e. The van der Waals surface area contributed by atoms with Crippen LogP contribution in [0.5, 0.6) is 0 Å². The molecule has 3 N–H and O–H groups in total. The fourth-order valence-corrected chi connectivity index (χ4v) is 6.42. The van der Waals surface area contributed by atoms with Crippen LogP contribution in [0.1, 0.15) is 181 Å². The topological polar surface area (TPSA) is 131 Å². The maximum Gasteiger partial charge on any atom is 0.472 e. The molecule has 0 radical (unpaired) electrons. The number of hydrogen-bond acceptors (Lipinski definition) is 7. The van der Waals surface area contributed by atoms with Gasteiger partial charge in [-0.05, 0) is 77.0 Å². The maximum absolute atomic E-state index is 12.1. The van der Waals surface area contributed by atoms with Gasteiger partial charge in [0, 0.05) is 19.4 Å². The number of phosphoric ester groups is 1. The van der Waals surface area contributed by atoms with E-state index in [9.17, 15) is 24.2 Å². The van der Waals surface area contributed by atoms with Crippen LogP contribution in [0, 0.1) is 0 Å². The number of allylic oxidation sites excluding steroid dienone is 10. The lowest BCUT2D eigenvalue weighted by atomic mass is 10.1. The van der Waals surface area contributed by atoms with Crippen LogP contribution in [0.3, 0.4) is 0 Å². The number of phosphoric acid groups is 1. The minimum absolute atomic E-state index is 0.0737. The third-order valence-electron chi connectivity index (χ3n) is 8.93. The van der Waals surface area contributed by atoms with Crippen LogP contribution in [0.4, 0.5) is 0 Å². The van der Waals surface area contributed by atoms with Crippen molar-refractivity contribution in [2.24, 2.45) is 0 Å². The molecule has 0 aliphatic heterocycles. The van der Waals surface area contributed by atoms with E-state index in [0.29, 0.717) is 6.42 Å². The van der Waals surface area contributed by atoms with Gasteiger partial charge < -0.3 is 20.1 Å². The van der Waals surface area contributed by atoms with Crippen LogP contribution < -0.4 is 5.32 Å². The molecule has 0 aromatic heterocycles. The highest BCUT2D eigenvalue weighted by Crippen LogP contribution is 2.42. The first-order chi connectivity index (χ1) is 26.8. The molecule has 0 aliphatic carbocycles. The van der Waals surface area contributed by atoms with Crippen molar-refractivity contribution in [2.75, 3.05) is 26.4 Å². The minimum atomic E-state index is -4.42. The van der Waals surface area contributed by atoms with Gasteiger partial charge in [-0.15, -0.1) is 0 Å². The lowest BCUT2D eigenvalue weighted by Crippen LogP contribution is -2.27. The zero-order valence-corrected chi connectivity index (χ0v) is 35.7. The highest BCUT2D eigenvalue weighted by Gasteiger charge is 2.23. The van der Waals surface area contributed by atoms with E-state index in [1.54, 1.807) is 0 Å². The van der Waals surface area contributed by atoms with Crippen LogP contribution in [-0.2, 0) is 27.9 Å². The number of esters is 1. The molecule has 0 saturated heterocycles. The Bertz CT molecular complexity index is 1090. The first-order valence-corrected chi connectivity index (χ1v) is 23.3. The molecule has 9 nitrogen and oxygen atoms in total. The molecule has 0 bridgehead atoms. The predicted molar refractivity (Wildman–Crippen MR) is 229 cm³/mol. The second-order valence-corrected chi connectivity index (χ2v) is 15.7. The number of ether oxygens (including phenoxy) is 1. The number of amides is 1. The Morgan fingerprint density at radius 1 is 0.582 bits per heavy atom. The van der Waals surface area contributed by atoms with E-state index in [2.05, 4.69) is 79.9 Å². The van der Waals surface area contributed by atoms with Crippen LogP contribution >= 0.6 is 7.82 Å². The molecule has 0 saturated carbocycles.